The molecular weight excluding hydrogens is 220 g/mol. The first-order valence-corrected chi connectivity index (χ1v) is 6.60. The third kappa shape index (κ3) is 4.15. The van der Waals surface area contributed by atoms with Crippen LogP contribution in [0.15, 0.2) is 49.1 Å². The van der Waals surface area contributed by atoms with Gasteiger partial charge in [0.15, 0.2) is 0 Å². The lowest BCUT2D eigenvalue weighted by Gasteiger charge is -2.26. The summed E-state index contributed by atoms with van der Waals surface area (Å²) in [5.74, 6) is 1.05. The molecule has 0 spiro atoms. The van der Waals surface area contributed by atoms with E-state index >= 15 is 0 Å². The third-order valence-electron chi connectivity index (χ3n) is 3.85. The van der Waals surface area contributed by atoms with E-state index in [1.165, 1.54) is 0 Å². The molecule has 0 unspecified atom stereocenters. The van der Waals surface area contributed by atoms with Gasteiger partial charge in [-0.1, -0.05) is 69.3 Å². The van der Waals surface area contributed by atoms with Gasteiger partial charge in [-0.05, 0) is 23.3 Å². The van der Waals surface area contributed by atoms with Gasteiger partial charge in [0, 0.05) is 0 Å². The number of hydrogen-bond acceptors (Lipinski definition) is 1. The molecule has 0 bridgehead atoms. The highest BCUT2D eigenvalue weighted by molar-refractivity contribution is 5.49. The zero-order valence-corrected chi connectivity index (χ0v) is 11.6. The fraction of sp³-hybridized carbons (Fsp3) is 0.412. The SMILES string of the molecule is C=C[C@H](C)[C@H](C)[C@H](C)[C@@H](O)/C=C/c1ccccc1. The van der Waals surface area contributed by atoms with Gasteiger partial charge in [-0.15, -0.1) is 6.58 Å². The average Bonchev–Trinajstić information content (AvgIpc) is 2.43. The van der Waals surface area contributed by atoms with Gasteiger partial charge in [-0.2, -0.15) is 0 Å². The van der Waals surface area contributed by atoms with Crippen molar-refractivity contribution in [2.45, 2.75) is 26.9 Å². The maximum atomic E-state index is 10.2. The zero-order valence-electron chi connectivity index (χ0n) is 11.6. The Kier molecular flexibility index (Phi) is 5.87. The molecule has 1 rings (SSSR count). The highest BCUT2D eigenvalue weighted by Crippen LogP contribution is 2.25. The Labute approximate surface area is 111 Å². The van der Waals surface area contributed by atoms with Gasteiger partial charge < -0.3 is 5.11 Å². The topological polar surface area (TPSA) is 20.2 Å². The lowest BCUT2D eigenvalue weighted by molar-refractivity contribution is 0.116. The molecule has 1 nitrogen and oxygen atoms in total. The van der Waals surface area contributed by atoms with E-state index in [9.17, 15) is 5.11 Å². The molecule has 1 aromatic carbocycles. The lowest BCUT2D eigenvalue weighted by atomic mass is 9.82. The summed E-state index contributed by atoms with van der Waals surface area (Å²) < 4.78 is 0. The second-order valence-corrected chi connectivity index (χ2v) is 5.07. The Morgan fingerprint density at radius 2 is 1.67 bits per heavy atom. The first kappa shape index (κ1) is 14.7. The molecule has 0 amide bonds. The van der Waals surface area contributed by atoms with Crippen molar-refractivity contribution in [3.63, 3.8) is 0 Å². The Morgan fingerprint density at radius 1 is 1.06 bits per heavy atom. The molecule has 98 valence electrons. The van der Waals surface area contributed by atoms with E-state index in [2.05, 4.69) is 27.4 Å². The Hall–Kier alpha value is -1.34. The van der Waals surface area contributed by atoms with E-state index in [1.54, 1.807) is 0 Å². The van der Waals surface area contributed by atoms with E-state index in [0.29, 0.717) is 11.8 Å². The minimum absolute atomic E-state index is 0.220. The van der Waals surface area contributed by atoms with Crippen molar-refractivity contribution < 1.29 is 5.11 Å². The number of allylic oxidation sites excluding steroid dienone is 1. The predicted molar refractivity (Wildman–Crippen MR) is 79.2 cm³/mol. The molecule has 0 aromatic heterocycles. The van der Waals surface area contributed by atoms with Crippen molar-refractivity contribution in [2.24, 2.45) is 17.8 Å². The van der Waals surface area contributed by atoms with E-state index < -0.39 is 6.10 Å². The molecule has 0 saturated carbocycles. The summed E-state index contributed by atoms with van der Waals surface area (Å²) in [5, 5.41) is 10.2. The van der Waals surface area contributed by atoms with Crippen molar-refractivity contribution in [2.75, 3.05) is 0 Å². The van der Waals surface area contributed by atoms with E-state index in [1.807, 2.05) is 48.6 Å². The molecule has 0 saturated heterocycles. The van der Waals surface area contributed by atoms with Crippen molar-refractivity contribution in [3.8, 4) is 0 Å². The molecule has 0 aliphatic carbocycles. The van der Waals surface area contributed by atoms with Crippen LogP contribution in [-0.4, -0.2) is 11.2 Å². The van der Waals surface area contributed by atoms with Crippen LogP contribution in [0.2, 0.25) is 0 Å². The molecule has 1 aromatic rings. The van der Waals surface area contributed by atoms with Crippen LogP contribution in [0.4, 0.5) is 0 Å². The number of benzene rings is 1. The van der Waals surface area contributed by atoms with Crippen LogP contribution < -0.4 is 0 Å². The summed E-state index contributed by atoms with van der Waals surface area (Å²) in [7, 11) is 0. The molecule has 1 heteroatoms. The summed E-state index contributed by atoms with van der Waals surface area (Å²) >= 11 is 0. The summed E-state index contributed by atoms with van der Waals surface area (Å²) in [6.07, 6.45) is 5.40. The number of aliphatic hydroxyl groups is 1. The second kappa shape index (κ2) is 7.17. The van der Waals surface area contributed by atoms with E-state index in [-0.39, 0.29) is 5.92 Å². The van der Waals surface area contributed by atoms with Gasteiger partial charge in [0.2, 0.25) is 0 Å². The quantitative estimate of drug-likeness (QED) is 0.745. The molecule has 0 radical (unpaired) electrons. The first-order chi connectivity index (χ1) is 8.56. The molecule has 4 atom stereocenters. The lowest BCUT2D eigenvalue weighted by Crippen LogP contribution is -2.25. The predicted octanol–water partition coefficient (Wildman–Crippen LogP) is 4.16. The maximum Gasteiger partial charge on any atom is 0.0752 e. The maximum absolute atomic E-state index is 10.2. The average molecular weight is 244 g/mol. The molecule has 1 N–H and O–H groups in total. The summed E-state index contributed by atoms with van der Waals surface area (Å²) in [4.78, 5) is 0. The number of rotatable bonds is 6. The fourth-order valence-electron chi connectivity index (χ4n) is 1.95. The van der Waals surface area contributed by atoms with Crippen LogP contribution in [0.3, 0.4) is 0 Å². The van der Waals surface area contributed by atoms with Crippen LogP contribution in [-0.2, 0) is 0 Å². The Bertz CT molecular complexity index is 380. The minimum Gasteiger partial charge on any atom is -0.389 e. The summed E-state index contributed by atoms with van der Waals surface area (Å²) in [5.41, 5.74) is 1.12. The standard InChI is InChI=1S/C17H24O/c1-5-13(2)14(3)15(4)17(18)12-11-16-9-7-6-8-10-16/h5-15,17-18H,1H2,2-4H3/b12-11+/t13-,14-,15-,17-/m0/s1. The van der Waals surface area contributed by atoms with Crippen molar-refractivity contribution in [1.29, 1.82) is 0 Å². The summed E-state index contributed by atoms with van der Waals surface area (Å²) in [6.45, 7) is 10.2. The smallest absolute Gasteiger partial charge is 0.0752 e. The van der Waals surface area contributed by atoms with Crippen LogP contribution >= 0.6 is 0 Å². The third-order valence-corrected chi connectivity index (χ3v) is 3.85. The van der Waals surface area contributed by atoms with Gasteiger partial charge in [0.05, 0.1) is 6.10 Å². The molecule has 0 aliphatic heterocycles. The van der Waals surface area contributed by atoms with Crippen LogP contribution in [0.25, 0.3) is 6.08 Å². The number of hydrogen-bond donors (Lipinski definition) is 1. The normalized spacial score (nSPS) is 18.2. The van der Waals surface area contributed by atoms with Crippen molar-refractivity contribution >= 4 is 6.08 Å². The second-order valence-electron chi connectivity index (χ2n) is 5.07. The van der Waals surface area contributed by atoms with Gasteiger partial charge in [0.25, 0.3) is 0 Å². The van der Waals surface area contributed by atoms with Gasteiger partial charge in [0.1, 0.15) is 0 Å². The molecule has 18 heavy (non-hydrogen) atoms. The highest BCUT2D eigenvalue weighted by atomic mass is 16.3. The summed E-state index contributed by atoms with van der Waals surface area (Å²) in [6, 6.07) is 10.0. The minimum atomic E-state index is -0.414. The first-order valence-electron chi connectivity index (χ1n) is 6.60. The molecular formula is C17H24O. The van der Waals surface area contributed by atoms with E-state index in [0.717, 1.165) is 5.56 Å². The van der Waals surface area contributed by atoms with Gasteiger partial charge in [-0.25, -0.2) is 0 Å². The molecule has 0 heterocycles. The molecule has 0 aliphatic rings. The largest absolute Gasteiger partial charge is 0.389 e. The van der Waals surface area contributed by atoms with E-state index in [4.69, 9.17) is 0 Å². The zero-order chi connectivity index (χ0) is 13.5. The highest BCUT2D eigenvalue weighted by Gasteiger charge is 2.21. The van der Waals surface area contributed by atoms with Crippen LogP contribution in [0, 0.1) is 17.8 Å². The fourth-order valence-corrected chi connectivity index (χ4v) is 1.95. The number of aliphatic hydroxyl groups excluding tert-OH is 1. The Balaban J connectivity index is 2.62. The molecule has 0 fully saturated rings. The van der Waals surface area contributed by atoms with Gasteiger partial charge in [-0.3, -0.25) is 0 Å². The van der Waals surface area contributed by atoms with Crippen molar-refractivity contribution in [3.05, 3.63) is 54.6 Å². The Morgan fingerprint density at radius 3 is 2.22 bits per heavy atom. The monoisotopic (exact) mass is 244 g/mol. The van der Waals surface area contributed by atoms with Crippen LogP contribution in [0.1, 0.15) is 26.3 Å². The van der Waals surface area contributed by atoms with Crippen molar-refractivity contribution in [1.82, 2.24) is 0 Å². The van der Waals surface area contributed by atoms with Crippen LogP contribution in [0.5, 0.6) is 0 Å². The van der Waals surface area contributed by atoms with Gasteiger partial charge >= 0.3 is 0 Å².